The summed E-state index contributed by atoms with van der Waals surface area (Å²) in [6.07, 6.45) is 4.14. The highest BCUT2D eigenvalue weighted by molar-refractivity contribution is 7.99. The van der Waals surface area contributed by atoms with E-state index in [-0.39, 0.29) is 6.10 Å². The van der Waals surface area contributed by atoms with Gasteiger partial charge >= 0.3 is 5.97 Å². The number of esters is 1. The first-order valence-electron chi connectivity index (χ1n) is 8.77. The predicted molar refractivity (Wildman–Crippen MR) is 109 cm³/mol. The highest BCUT2D eigenvalue weighted by Gasteiger charge is 2.24. The highest BCUT2D eigenvalue weighted by atomic mass is 32.2. The van der Waals surface area contributed by atoms with E-state index >= 15 is 0 Å². The van der Waals surface area contributed by atoms with Crippen LogP contribution in [-0.4, -0.2) is 48.6 Å². The van der Waals surface area contributed by atoms with Gasteiger partial charge in [0.15, 0.2) is 5.16 Å². The molecule has 144 valence electrons. The van der Waals surface area contributed by atoms with E-state index in [4.69, 9.17) is 9.47 Å². The van der Waals surface area contributed by atoms with Crippen molar-refractivity contribution < 1.29 is 14.3 Å². The summed E-state index contributed by atoms with van der Waals surface area (Å²) >= 11 is 2.96. The van der Waals surface area contributed by atoms with Crippen molar-refractivity contribution in [3.05, 3.63) is 41.5 Å². The molecule has 0 spiro atoms. The molecule has 0 saturated carbocycles. The van der Waals surface area contributed by atoms with Gasteiger partial charge in [-0.05, 0) is 24.7 Å². The van der Waals surface area contributed by atoms with Gasteiger partial charge < -0.3 is 14.8 Å². The molecule has 1 saturated heterocycles. The maximum absolute atomic E-state index is 12.5. The third-order valence-corrected chi connectivity index (χ3v) is 5.76. The summed E-state index contributed by atoms with van der Waals surface area (Å²) in [4.78, 5) is 21.5. The molecule has 0 aliphatic carbocycles. The number of nitrogens with one attached hydrogen (secondary N) is 1. The molecule has 1 aliphatic rings. The molecule has 1 fully saturated rings. The van der Waals surface area contributed by atoms with E-state index in [2.05, 4.69) is 27.4 Å². The Morgan fingerprint density at radius 1 is 1.33 bits per heavy atom. The Morgan fingerprint density at radius 3 is 2.81 bits per heavy atom. The highest BCUT2D eigenvalue weighted by Crippen LogP contribution is 2.31. The topological polar surface area (TPSA) is 73.3 Å². The van der Waals surface area contributed by atoms with Gasteiger partial charge in [-0.15, -0.1) is 11.8 Å². The summed E-state index contributed by atoms with van der Waals surface area (Å²) in [5, 5.41) is 4.52. The fourth-order valence-electron chi connectivity index (χ4n) is 2.77. The molecule has 27 heavy (non-hydrogen) atoms. The van der Waals surface area contributed by atoms with Crippen LogP contribution in [-0.2, 0) is 15.2 Å². The van der Waals surface area contributed by atoms with Gasteiger partial charge in [0.1, 0.15) is 16.4 Å². The lowest BCUT2D eigenvalue weighted by molar-refractivity contribution is 0.0596. The Labute approximate surface area is 167 Å². The zero-order chi connectivity index (χ0) is 19.1. The first-order valence-corrected chi connectivity index (χ1v) is 11.0. The molecule has 3 rings (SSSR count). The number of ether oxygens (including phenoxy) is 2. The van der Waals surface area contributed by atoms with Crippen molar-refractivity contribution in [2.45, 2.75) is 34.9 Å². The van der Waals surface area contributed by atoms with Gasteiger partial charge in [-0.2, -0.15) is 0 Å². The van der Waals surface area contributed by atoms with Gasteiger partial charge in [-0.1, -0.05) is 42.1 Å². The van der Waals surface area contributed by atoms with Crippen LogP contribution < -0.4 is 5.32 Å². The van der Waals surface area contributed by atoms with Crippen LogP contribution in [0.4, 0.5) is 5.82 Å². The first-order chi connectivity index (χ1) is 13.2. The number of carbonyl (C=O) groups is 1. The predicted octanol–water partition coefficient (Wildman–Crippen LogP) is 3.87. The van der Waals surface area contributed by atoms with E-state index in [0.29, 0.717) is 33.9 Å². The number of methoxy groups -OCH3 is 1. The lowest BCUT2D eigenvalue weighted by atomic mass is 10.2. The summed E-state index contributed by atoms with van der Waals surface area (Å²) < 4.78 is 10.7. The lowest BCUT2D eigenvalue weighted by Gasteiger charge is -2.16. The molecule has 2 aromatic rings. The molecule has 6 nitrogen and oxygen atoms in total. The minimum atomic E-state index is -0.437. The standard InChI is InChI=1S/C19H23N3O3S2/c1-24-18(23)15-16(20-11-14-9-6-10-25-14)21-19(26-2)22-17(15)27-12-13-7-4-3-5-8-13/h3-5,7-8,14H,6,9-12H2,1-2H3,(H,20,21,22). The van der Waals surface area contributed by atoms with Crippen molar-refractivity contribution in [3.63, 3.8) is 0 Å². The molecule has 0 bridgehead atoms. The zero-order valence-corrected chi connectivity index (χ0v) is 17.1. The second-order valence-corrected chi connectivity index (χ2v) is 7.76. The molecule has 1 unspecified atom stereocenters. The quantitative estimate of drug-likeness (QED) is 0.307. The largest absolute Gasteiger partial charge is 0.465 e. The number of rotatable bonds is 8. The third-order valence-electron chi connectivity index (χ3n) is 4.17. The molecule has 0 amide bonds. The van der Waals surface area contributed by atoms with Crippen LogP contribution in [0.2, 0.25) is 0 Å². The Hall–Kier alpha value is -1.77. The summed E-state index contributed by atoms with van der Waals surface area (Å²) in [7, 11) is 1.38. The molecular weight excluding hydrogens is 382 g/mol. The van der Waals surface area contributed by atoms with E-state index in [1.54, 1.807) is 0 Å². The summed E-state index contributed by atoms with van der Waals surface area (Å²) in [5.74, 6) is 0.779. The van der Waals surface area contributed by atoms with Gasteiger partial charge in [0.2, 0.25) is 0 Å². The molecule has 2 heterocycles. The lowest BCUT2D eigenvalue weighted by Crippen LogP contribution is -2.21. The van der Waals surface area contributed by atoms with Crippen LogP contribution in [0, 0.1) is 0 Å². The van der Waals surface area contributed by atoms with Crippen LogP contribution in [0.25, 0.3) is 0 Å². The average Bonchev–Trinajstić information content (AvgIpc) is 3.24. The van der Waals surface area contributed by atoms with Gasteiger partial charge in [0, 0.05) is 18.9 Å². The molecular formula is C19H23N3O3S2. The van der Waals surface area contributed by atoms with E-state index in [0.717, 1.165) is 25.0 Å². The average molecular weight is 406 g/mol. The van der Waals surface area contributed by atoms with Gasteiger partial charge in [0.05, 0.1) is 13.2 Å². The fraction of sp³-hybridized carbons (Fsp3) is 0.421. The normalized spacial score (nSPS) is 16.3. The number of carbonyl (C=O) groups excluding carboxylic acids is 1. The number of aromatic nitrogens is 2. The van der Waals surface area contributed by atoms with Crippen molar-refractivity contribution >= 4 is 35.3 Å². The van der Waals surface area contributed by atoms with E-state index in [9.17, 15) is 4.79 Å². The van der Waals surface area contributed by atoms with Crippen LogP contribution in [0.15, 0.2) is 40.5 Å². The second kappa shape index (κ2) is 9.96. The molecule has 1 aromatic carbocycles. The maximum Gasteiger partial charge on any atom is 0.344 e. The molecule has 0 radical (unpaired) electrons. The summed E-state index contributed by atoms with van der Waals surface area (Å²) in [6.45, 7) is 1.39. The number of nitrogens with zero attached hydrogens (tertiary/aromatic N) is 2. The van der Waals surface area contributed by atoms with Crippen molar-refractivity contribution in [2.75, 3.05) is 31.8 Å². The molecule has 1 N–H and O–H groups in total. The first kappa shape index (κ1) is 20.0. The Balaban J connectivity index is 1.86. The van der Waals surface area contributed by atoms with E-state index in [1.807, 2.05) is 24.5 Å². The van der Waals surface area contributed by atoms with Gasteiger partial charge in [-0.3, -0.25) is 0 Å². The molecule has 1 aromatic heterocycles. The van der Waals surface area contributed by atoms with E-state index in [1.165, 1.54) is 30.6 Å². The fourth-order valence-corrected chi connectivity index (χ4v) is 4.17. The van der Waals surface area contributed by atoms with Gasteiger partial charge in [-0.25, -0.2) is 14.8 Å². The number of hydrogen-bond acceptors (Lipinski definition) is 8. The Kier molecular flexibility index (Phi) is 7.37. The minimum Gasteiger partial charge on any atom is -0.465 e. The van der Waals surface area contributed by atoms with Crippen molar-refractivity contribution in [1.82, 2.24) is 9.97 Å². The Morgan fingerprint density at radius 2 is 2.15 bits per heavy atom. The zero-order valence-electron chi connectivity index (χ0n) is 15.4. The number of thioether (sulfide) groups is 2. The van der Waals surface area contributed by atoms with Gasteiger partial charge in [0.25, 0.3) is 0 Å². The molecule has 8 heteroatoms. The SMILES string of the molecule is COC(=O)c1c(NCC2CCCO2)nc(SC)nc1SCc1ccccc1. The maximum atomic E-state index is 12.5. The monoisotopic (exact) mass is 405 g/mol. The number of anilines is 1. The molecule has 1 aliphatic heterocycles. The van der Waals surface area contributed by atoms with Crippen molar-refractivity contribution in [3.8, 4) is 0 Å². The van der Waals surface area contributed by atoms with Crippen molar-refractivity contribution in [2.24, 2.45) is 0 Å². The van der Waals surface area contributed by atoms with Crippen LogP contribution in [0.1, 0.15) is 28.8 Å². The molecule has 1 atom stereocenters. The van der Waals surface area contributed by atoms with Crippen LogP contribution in [0.5, 0.6) is 0 Å². The van der Waals surface area contributed by atoms with Crippen LogP contribution >= 0.6 is 23.5 Å². The number of hydrogen-bond donors (Lipinski definition) is 1. The smallest absolute Gasteiger partial charge is 0.344 e. The Bertz CT molecular complexity index is 768. The minimum absolute atomic E-state index is 0.142. The van der Waals surface area contributed by atoms with Crippen LogP contribution in [0.3, 0.4) is 0 Å². The third kappa shape index (κ3) is 5.37. The number of benzene rings is 1. The van der Waals surface area contributed by atoms with Crippen molar-refractivity contribution in [1.29, 1.82) is 0 Å². The van der Waals surface area contributed by atoms with E-state index < -0.39 is 5.97 Å². The summed E-state index contributed by atoms with van der Waals surface area (Å²) in [6, 6.07) is 10.1. The summed E-state index contributed by atoms with van der Waals surface area (Å²) in [5.41, 5.74) is 1.55. The second-order valence-electron chi connectivity index (χ2n) is 6.02.